The van der Waals surface area contributed by atoms with Crippen molar-refractivity contribution in [3.8, 4) is 11.5 Å². The second kappa shape index (κ2) is 18.4. The largest absolute Gasteiger partial charge is 0.507 e. The number of fused-ring (bicyclic) bond motifs is 14. The van der Waals surface area contributed by atoms with Crippen molar-refractivity contribution in [1.82, 2.24) is 15.1 Å². The number of Topliss-reactive ketones (excluding diaryl/α,β-unsaturated/α-hetero) is 3. The van der Waals surface area contributed by atoms with Gasteiger partial charge in [0.05, 0.1) is 47.5 Å². The van der Waals surface area contributed by atoms with Crippen LogP contribution >= 0.6 is 0 Å². The molecule has 1 saturated heterocycles. The summed E-state index contributed by atoms with van der Waals surface area (Å²) >= 11 is 0. The minimum absolute atomic E-state index is 0.0344. The van der Waals surface area contributed by atoms with E-state index in [0.29, 0.717) is 0 Å². The molecular weight excluding hydrogens is 819 g/mol. The normalized spacial score (nSPS) is 29.6. The topological polar surface area (TPSA) is 232 Å². The van der Waals surface area contributed by atoms with Crippen LogP contribution in [0.2, 0.25) is 0 Å². The molecule has 5 bridgehead atoms. The van der Waals surface area contributed by atoms with Crippen LogP contribution < -0.4 is 10.1 Å². The first-order chi connectivity index (χ1) is 29.7. The zero-order chi connectivity index (χ0) is 46.2. The van der Waals surface area contributed by atoms with Crippen LogP contribution in [0.4, 0.5) is 0 Å². The highest BCUT2D eigenvalue weighted by Crippen LogP contribution is 2.49. The van der Waals surface area contributed by atoms with E-state index in [1.165, 1.54) is 64.2 Å². The number of hydrogen-bond acceptors (Lipinski definition) is 15. The van der Waals surface area contributed by atoms with E-state index in [2.05, 4.69) is 5.32 Å². The van der Waals surface area contributed by atoms with E-state index in [0.717, 1.165) is 6.26 Å². The Labute approximate surface area is 365 Å². The first kappa shape index (κ1) is 46.5. The number of hydrogen-bond donors (Lipinski definition) is 4. The standard InChI is InChI=1S/C46H55N3O14/c1-22-12-10-13-23(2)44(57)47-34-35(48-16-18-49(19-17-48)45(58)30-14-11-20-60-30)40(55)31-32(39(34)54)38(53)27(6)42-33(31)43(56)46(8,63-42)61-21-15-29(59-9)24(3)41(62-28(7)50)26(5)37(52)25(4)36(22)51/h10-15,20-22,24-26,29,36-37,41,51-53H,16-19H2,1-9H3,(H,47,57)/t22-,24+,25+,26-,29-,36-,37-,41+,46-/m0/s1. The highest BCUT2D eigenvalue weighted by atomic mass is 16.7. The summed E-state index contributed by atoms with van der Waals surface area (Å²) in [5.74, 6) is -9.85. The van der Waals surface area contributed by atoms with Crippen molar-refractivity contribution < 1.29 is 67.5 Å². The Balaban J connectivity index is 1.46. The average molecular weight is 874 g/mol. The number of methoxy groups -OCH3 is 1. The molecule has 5 heterocycles. The van der Waals surface area contributed by atoms with Crippen molar-refractivity contribution in [3.63, 3.8) is 0 Å². The highest BCUT2D eigenvalue weighted by molar-refractivity contribution is 6.32. The number of aliphatic hydroxyl groups is 2. The molecule has 338 valence electrons. The van der Waals surface area contributed by atoms with Crippen LogP contribution in [0.15, 0.2) is 70.3 Å². The lowest BCUT2D eigenvalue weighted by atomic mass is 9.78. The van der Waals surface area contributed by atoms with Crippen LogP contribution in [-0.2, 0) is 23.8 Å². The van der Waals surface area contributed by atoms with Crippen molar-refractivity contribution in [1.29, 1.82) is 0 Å². The first-order valence-corrected chi connectivity index (χ1v) is 20.9. The molecule has 1 fully saturated rings. The van der Waals surface area contributed by atoms with Crippen molar-refractivity contribution in [2.45, 2.75) is 85.6 Å². The van der Waals surface area contributed by atoms with E-state index < -0.39 is 106 Å². The molecule has 0 unspecified atom stereocenters. The minimum atomic E-state index is -2.13. The van der Waals surface area contributed by atoms with Crippen molar-refractivity contribution in [2.24, 2.45) is 23.7 Å². The fourth-order valence-corrected chi connectivity index (χ4v) is 8.67. The predicted octanol–water partition coefficient (Wildman–Crippen LogP) is 4.01. The van der Waals surface area contributed by atoms with Gasteiger partial charge in [-0.3, -0.25) is 28.8 Å². The van der Waals surface area contributed by atoms with Gasteiger partial charge in [0.2, 0.25) is 11.6 Å². The molecule has 1 aliphatic carbocycles. The quantitative estimate of drug-likeness (QED) is 0.318. The van der Waals surface area contributed by atoms with Crippen LogP contribution in [-0.4, -0.2) is 124 Å². The van der Waals surface area contributed by atoms with Gasteiger partial charge in [0.25, 0.3) is 17.6 Å². The summed E-state index contributed by atoms with van der Waals surface area (Å²) < 4.78 is 28.9. The number of carbonyl (C=O) groups is 6. The highest BCUT2D eigenvalue weighted by Gasteiger charge is 2.53. The number of nitrogens with one attached hydrogen (secondary N) is 1. The maximum atomic E-state index is 15.0. The van der Waals surface area contributed by atoms with Crippen LogP contribution in [0, 0.1) is 30.6 Å². The molecule has 0 radical (unpaired) electrons. The van der Waals surface area contributed by atoms with Gasteiger partial charge < -0.3 is 53.8 Å². The fourth-order valence-electron chi connectivity index (χ4n) is 8.67. The van der Waals surface area contributed by atoms with E-state index in [4.69, 9.17) is 23.4 Å². The Bertz CT molecular complexity index is 2300. The summed E-state index contributed by atoms with van der Waals surface area (Å²) in [5, 5.41) is 37.2. The molecule has 17 heteroatoms. The molecule has 2 aromatic rings. The third kappa shape index (κ3) is 8.69. The summed E-state index contributed by atoms with van der Waals surface area (Å²) in [5.41, 5.74) is -1.88. The summed E-state index contributed by atoms with van der Waals surface area (Å²) in [7, 11) is 1.41. The van der Waals surface area contributed by atoms with Crippen molar-refractivity contribution in [3.05, 3.63) is 93.9 Å². The van der Waals surface area contributed by atoms with Crippen LogP contribution in [0.5, 0.6) is 11.5 Å². The molecule has 63 heavy (non-hydrogen) atoms. The number of ketones is 3. The Hall–Kier alpha value is -6.04. The van der Waals surface area contributed by atoms with Crippen LogP contribution in [0.3, 0.4) is 0 Å². The van der Waals surface area contributed by atoms with Gasteiger partial charge in [-0.2, -0.15) is 0 Å². The lowest BCUT2D eigenvalue weighted by Gasteiger charge is -2.38. The molecule has 0 saturated carbocycles. The molecule has 4 aliphatic heterocycles. The van der Waals surface area contributed by atoms with E-state index in [1.807, 2.05) is 0 Å². The zero-order valence-electron chi connectivity index (χ0n) is 36.8. The van der Waals surface area contributed by atoms with E-state index in [9.17, 15) is 44.1 Å². The second-order valence-corrected chi connectivity index (χ2v) is 16.8. The summed E-state index contributed by atoms with van der Waals surface area (Å²) in [6.07, 6.45) is 4.61. The van der Waals surface area contributed by atoms with Gasteiger partial charge in [-0.1, -0.05) is 45.9 Å². The monoisotopic (exact) mass is 873 g/mol. The summed E-state index contributed by atoms with van der Waals surface area (Å²) in [6, 6.07) is 3.11. The van der Waals surface area contributed by atoms with E-state index >= 15 is 0 Å². The van der Waals surface area contributed by atoms with Gasteiger partial charge in [0.15, 0.2) is 5.76 Å². The maximum Gasteiger partial charge on any atom is 0.312 e. The maximum absolute atomic E-state index is 15.0. The summed E-state index contributed by atoms with van der Waals surface area (Å²) in [6.45, 7) is 12.5. The predicted molar refractivity (Wildman–Crippen MR) is 224 cm³/mol. The van der Waals surface area contributed by atoms with Crippen LogP contribution in [0.1, 0.15) is 95.7 Å². The van der Waals surface area contributed by atoms with Gasteiger partial charge in [-0.05, 0) is 32.1 Å². The third-order valence-electron chi connectivity index (χ3n) is 12.5. The zero-order valence-corrected chi connectivity index (χ0v) is 36.8. The number of rotatable bonds is 4. The number of nitrogens with zero attached hydrogens (tertiary/aromatic N) is 2. The van der Waals surface area contributed by atoms with Gasteiger partial charge in [0.1, 0.15) is 29.0 Å². The number of esters is 1. The smallest absolute Gasteiger partial charge is 0.312 e. The minimum Gasteiger partial charge on any atom is -0.507 e. The first-order valence-electron chi connectivity index (χ1n) is 20.9. The number of piperazine rings is 1. The SMILES string of the molecule is CO[C@H]1C=CO[C@@]2(C)Oc3c(C)c(O)c4c(c3C2=O)C(=O)C(N2CCN(C(=O)c3ccco3)CC2)=C(NC(=O)C(C)=CC=C[C@H](C)[C@H](O)[C@@H](C)[C@H](O)[C@H](C)[C@H](OC(C)=O)[C@@H]1C)C4=O. The molecule has 1 aromatic carbocycles. The molecule has 0 spiro atoms. The van der Waals surface area contributed by atoms with Crippen LogP contribution in [0.25, 0.3) is 0 Å². The number of benzene rings is 1. The second-order valence-electron chi connectivity index (χ2n) is 16.8. The lowest BCUT2D eigenvalue weighted by molar-refractivity contribution is -0.160. The Morgan fingerprint density at radius 2 is 1.59 bits per heavy atom. The molecule has 2 amide bonds. The van der Waals surface area contributed by atoms with Gasteiger partial charge in [0, 0.05) is 81.9 Å². The Kier molecular flexibility index (Phi) is 13.5. The fraction of sp³-hybridized carbons (Fsp3) is 0.478. The molecule has 5 aliphatic rings. The molecule has 9 atom stereocenters. The number of allylic oxidation sites excluding steroid dienone is 4. The summed E-state index contributed by atoms with van der Waals surface area (Å²) in [4.78, 5) is 86.7. The number of ether oxygens (including phenoxy) is 4. The Morgan fingerprint density at radius 1 is 0.905 bits per heavy atom. The van der Waals surface area contributed by atoms with E-state index in [1.54, 1.807) is 50.8 Å². The van der Waals surface area contributed by atoms with Gasteiger partial charge in [-0.25, -0.2) is 0 Å². The average Bonchev–Trinajstić information content (AvgIpc) is 3.89. The van der Waals surface area contributed by atoms with Gasteiger partial charge >= 0.3 is 11.8 Å². The third-order valence-corrected chi connectivity index (χ3v) is 12.5. The van der Waals surface area contributed by atoms with Gasteiger partial charge in [-0.15, -0.1) is 0 Å². The van der Waals surface area contributed by atoms with Crippen molar-refractivity contribution >= 4 is 35.1 Å². The molecule has 7 rings (SSSR count). The Morgan fingerprint density at radius 3 is 2.21 bits per heavy atom. The van der Waals surface area contributed by atoms with E-state index in [-0.39, 0.29) is 66.0 Å². The molecule has 17 nitrogen and oxygen atoms in total. The lowest BCUT2D eigenvalue weighted by Crippen LogP contribution is -2.51. The number of amides is 2. The number of aromatic hydroxyl groups is 1. The number of carbonyl (C=O) groups excluding carboxylic acids is 6. The number of furan rings is 1. The number of phenolic OH excluding ortho intramolecular Hbond substituents is 1. The number of aliphatic hydroxyl groups excluding tert-OH is 2. The number of phenols is 1. The molecular formula is C46H55N3O14. The molecule has 4 N–H and O–H groups in total. The van der Waals surface area contributed by atoms with Crippen molar-refractivity contribution in [2.75, 3.05) is 33.3 Å². The molecule has 1 aromatic heterocycles.